The Kier molecular flexibility index (Phi) is 14.1. The van der Waals surface area contributed by atoms with Crippen molar-refractivity contribution in [1.29, 1.82) is 0 Å². The molecule has 0 fully saturated rings. The lowest BCUT2D eigenvalue weighted by Crippen LogP contribution is -2.30. The third-order valence-electron chi connectivity index (χ3n) is 11.7. The summed E-state index contributed by atoms with van der Waals surface area (Å²) in [5.41, 5.74) is 8.73. The minimum Gasteiger partial charge on any atom is -0.497 e. The quantitative estimate of drug-likeness (QED) is 0.0937. The van der Waals surface area contributed by atoms with Crippen molar-refractivity contribution in [1.82, 2.24) is 0 Å². The molecule has 6 aromatic carbocycles. The predicted octanol–water partition coefficient (Wildman–Crippen LogP) is 9.29. The van der Waals surface area contributed by atoms with Gasteiger partial charge in [-0.1, -0.05) is 0 Å². The molecule has 0 spiro atoms. The lowest BCUT2D eigenvalue weighted by atomic mass is 10.0. The number of ether oxygens (including phenoxy) is 8. The Labute approximate surface area is 374 Å². The van der Waals surface area contributed by atoms with Crippen LogP contribution in [0.1, 0.15) is 44.5 Å². The van der Waals surface area contributed by atoms with E-state index in [0.717, 1.165) is 83.4 Å². The average Bonchev–Trinajstić information content (AvgIpc) is 3.25. The van der Waals surface area contributed by atoms with Gasteiger partial charge in [0.1, 0.15) is 46.0 Å². The van der Waals surface area contributed by atoms with Crippen molar-refractivity contribution < 1.29 is 42.5 Å². The van der Waals surface area contributed by atoms with Gasteiger partial charge >= 0.3 is 0 Å². The highest BCUT2D eigenvalue weighted by Crippen LogP contribution is 2.54. The largest absolute Gasteiger partial charge is 0.497 e. The molecule has 0 amide bonds. The molecule has 0 saturated carbocycles. The fourth-order valence-electron chi connectivity index (χ4n) is 9.11. The first kappa shape index (κ1) is 46.9. The van der Waals surface area contributed by atoms with Crippen molar-refractivity contribution in [2.24, 2.45) is 0 Å². The predicted molar refractivity (Wildman–Crippen MR) is 260 cm³/mol. The molecule has 0 aliphatic rings. The molecule has 9 nitrogen and oxygen atoms in total. The van der Waals surface area contributed by atoms with E-state index < -0.39 is 15.1 Å². The molecular weight excluding hydrogens is 831 g/mol. The maximum atomic E-state index is 17.3. The smallest absolute Gasteiger partial charge is 0.171 e. The number of methoxy groups -OCH3 is 8. The van der Waals surface area contributed by atoms with Gasteiger partial charge in [0.2, 0.25) is 0 Å². The van der Waals surface area contributed by atoms with Gasteiger partial charge in [0, 0.05) is 44.5 Å². The second-order valence-corrected chi connectivity index (χ2v) is 20.8. The number of hydrogen-bond donors (Lipinski definition) is 0. The molecule has 63 heavy (non-hydrogen) atoms. The van der Waals surface area contributed by atoms with Crippen LogP contribution in [0.3, 0.4) is 0 Å². The van der Waals surface area contributed by atoms with Crippen molar-refractivity contribution in [2.45, 2.75) is 55.4 Å². The van der Waals surface area contributed by atoms with E-state index in [1.807, 2.05) is 70.2 Å². The zero-order valence-corrected chi connectivity index (χ0v) is 41.3. The molecule has 332 valence electrons. The van der Waals surface area contributed by atoms with E-state index in [1.165, 1.54) is 0 Å². The number of rotatable bonds is 15. The standard InChI is InChI=1S/C52H60O9P2/c1-29-17-39(18-30(2)49(29)58-13)62(40-19-31(3)50(59-14)32(4)20-40)45-27-37(54-9)25-43(56-11)47(45)48-44(57-12)26-38(55-10)28-46(48)63(53,41-21-33(5)51(60-15)34(6)22-41)42-23-35(7)52(61-16)36(8)24-42/h17-28H,1-16H3. The third-order valence-corrected chi connectivity index (χ3v) is 17.1. The van der Waals surface area contributed by atoms with Crippen LogP contribution in [0.25, 0.3) is 11.1 Å². The Morgan fingerprint density at radius 3 is 1.00 bits per heavy atom. The zero-order chi connectivity index (χ0) is 46.1. The van der Waals surface area contributed by atoms with E-state index in [-0.39, 0.29) is 0 Å². The van der Waals surface area contributed by atoms with Gasteiger partial charge in [-0.25, -0.2) is 0 Å². The summed E-state index contributed by atoms with van der Waals surface area (Å²) in [6.45, 7) is 16.2. The van der Waals surface area contributed by atoms with E-state index in [4.69, 9.17) is 37.9 Å². The summed E-state index contributed by atoms with van der Waals surface area (Å²) >= 11 is 0. The Balaban J connectivity index is 1.89. The van der Waals surface area contributed by atoms with Crippen LogP contribution in [0.2, 0.25) is 0 Å². The lowest BCUT2D eigenvalue weighted by molar-refractivity contribution is 0.392. The van der Waals surface area contributed by atoms with Gasteiger partial charge in [-0.15, -0.1) is 0 Å². The van der Waals surface area contributed by atoms with Crippen LogP contribution in [0.15, 0.2) is 72.8 Å². The molecule has 0 aliphatic heterocycles. The van der Waals surface area contributed by atoms with E-state index in [9.17, 15) is 0 Å². The van der Waals surface area contributed by atoms with Gasteiger partial charge in [-0.05, 0) is 179 Å². The van der Waals surface area contributed by atoms with Gasteiger partial charge in [-0.3, -0.25) is 0 Å². The molecule has 0 radical (unpaired) electrons. The van der Waals surface area contributed by atoms with Crippen molar-refractivity contribution in [3.8, 4) is 57.1 Å². The summed E-state index contributed by atoms with van der Waals surface area (Å²) in [6.07, 6.45) is 0. The van der Waals surface area contributed by atoms with Crippen LogP contribution in [0, 0.1) is 55.4 Å². The molecule has 0 heterocycles. The molecule has 0 saturated heterocycles. The van der Waals surface area contributed by atoms with E-state index in [2.05, 4.69) is 58.0 Å². The fraction of sp³-hybridized carbons (Fsp3) is 0.308. The fourth-order valence-corrected chi connectivity index (χ4v) is 15.2. The summed E-state index contributed by atoms with van der Waals surface area (Å²) in [6, 6.07) is 24.4. The molecule has 0 atom stereocenters. The maximum Gasteiger partial charge on any atom is 0.171 e. The van der Waals surface area contributed by atoms with Gasteiger partial charge in [0.15, 0.2) is 7.14 Å². The van der Waals surface area contributed by atoms with Crippen LogP contribution < -0.4 is 69.7 Å². The number of benzene rings is 6. The number of hydrogen-bond acceptors (Lipinski definition) is 9. The molecule has 6 aromatic rings. The summed E-state index contributed by atoms with van der Waals surface area (Å²) in [5, 5.41) is 4.80. The van der Waals surface area contributed by atoms with Crippen molar-refractivity contribution >= 4 is 46.9 Å². The van der Waals surface area contributed by atoms with Gasteiger partial charge in [0.25, 0.3) is 0 Å². The SMILES string of the molecule is COc1cc(OC)c(-c2c(OC)cc(OC)cc2P(=O)(c2cc(C)c(OC)c(C)c2)c2cc(C)c(OC)c(C)c2)c(P(c2cc(C)c(OC)c(C)c2)c2cc(C)c(OC)c(C)c2)c1. The molecule has 6 rings (SSSR count). The van der Waals surface area contributed by atoms with Gasteiger partial charge in [-0.2, -0.15) is 0 Å². The minimum atomic E-state index is -3.91. The van der Waals surface area contributed by atoms with E-state index in [1.54, 1.807) is 56.9 Å². The number of aryl methyl sites for hydroxylation is 8. The van der Waals surface area contributed by atoms with Gasteiger partial charge in [0.05, 0.1) is 56.9 Å². The maximum absolute atomic E-state index is 17.3. The summed E-state index contributed by atoms with van der Waals surface area (Å²) in [7, 11) is 7.90. The lowest BCUT2D eigenvalue weighted by Gasteiger charge is -2.30. The van der Waals surface area contributed by atoms with E-state index in [0.29, 0.717) is 50.0 Å². The molecule has 0 aliphatic carbocycles. The van der Waals surface area contributed by atoms with Crippen LogP contribution in [0.5, 0.6) is 46.0 Å². The first-order valence-corrected chi connectivity index (χ1v) is 23.6. The summed E-state index contributed by atoms with van der Waals surface area (Å²) < 4.78 is 65.7. The summed E-state index contributed by atoms with van der Waals surface area (Å²) in [4.78, 5) is 0. The second kappa shape index (κ2) is 19.0. The molecule has 0 unspecified atom stereocenters. The second-order valence-electron chi connectivity index (χ2n) is 15.8. The van der Waals surface area contributed by atoms with Crippen LogP contribution in [-0.4, -0.2) is 56.9 Å². The first-order chi connectivity index (χ1) is 30.0. The van der Waals surface area contributed by atoms with Gasteiger partial charge < -0.3 is 42.5 Å². The van der Waals surface area contributed by atoms with Crippen LogP contribution in [-0.2, 0) is 4.57 Å². The molecule has 0 aromatic heterocycles. The minimum absolute atomic E-state index is 0.456. The third kappa shape index (κ3) is 8.46. The average molecular weight is 891 g/mol. The summed E-state index contributed by atoms with van der Waals surface area (Å²) in [5.74, 6) is 5.17. The zero-order valence-electron chi connectivity index (χ0n) is 39.5. The van der Waals surface area contributed by atoms with E-state index >= 15 is 4.57 Å². The first-order valence-electron chi connectivity index (χ1n) is 20.6. The Hall–Kier alpha value is -5.62. The molecular formula is C52H60O9P2. The normalized spacial score (nSPS) is 11.4. The van der Waals surface area contributed by atoms with Crippen LogP contribution >= 0.6 is 15.1 Å². The Bertz CT molecular complexity index is 2540. The molecule has 0 N–H and O–H groups in total. The topological polar surface area (TPSA) is 90.9 Å². The van der Waals surface area contributed by atoms with Crippen LogP contribution in [0.4, 0.5) is 0 Å². The molecule has 0 bridgehead atoms. The highest BCUT2D eigenvalue weighted by atomic mass is 31.2. The van der Waals surface area contributed by atoms with Crippen molar-refractivity contribution in [3.63, 3.8) is 0 Å². The monoisotopic (exact) mass is 890 g/mol. The van der Waals surface area contributed by atoms with Crippen molar-refractivity contribution in [3.05, 3.63) is 117 Å². The Morgan fingerprint density at radius 1 is 0.365 bits per heavy atom. The molecule has 11 heteroatoms. The van der Waals surface area contributed by atoms with Crippen molar-refractivity contribution in [2.75, 3.05) is 56.9 Å². The highest BCUT2D eigenvalue weighted by Gasteiger charge is 2.39. The Morgan fingerprint density at radius 2 is 0.683 bits per heavy atom. The highest BCUT2D eigenvalue weighted by molar-refractivity contribution is 7.85.